The quantitative estimate of drug-likeness (QED) is 0.460. The van der Waals surface area contributed by atoms with Crippen LogP contribution in [0, 0.1) is 25.7 Å². The summed E-state index contributed by atoms with van der Waals surface area (Å²) in [7, 11) is 0. The van der Waals surface area contributed by atoms with Crippen LogP contribution in [-0.4, -0.2) is 67.6 Å². The molecular weight excluding hydrogens is 512 g/mol. The van der Waals surface area contributed by atoms with E-state index in [4.69, 9.17) is 0 Å². The molecule has 6 atom stereocenters. The first kappa shape index (κ1) is 27.5. The van der Waals surface area contributed by atoms with Crippen LogP contribution in [0.3, 0.4) is 0 Å². The van der Waals surface area contributed by atoms with Crippen LogP contribution in [0.4, 0.5) is 5.69 Å². The van der Waals surface area contributed by atoms with Gasteiger partial charge in [-0.2, -0.15) is 0 Å². The summed E-state index contributed by atoms with van der Waals surface area (Å²) in [5.41, 5.74) is 3.56. The number of carboxylic acid groups (broad SMARTS) is 1. The van der Waals surface area contributed by atoms with E-state index in [1.807, 2.05) is 69.3 Å². The normalized spacial score (nSPS) is 29.8. The lowest BCUT2D eigenvalue weighted by Crippen LogP contribution is -2.58. The third kappa shape index (κ3) is 4.19. The predicted octanol–water partition coefficient (Wildman–Crippen LogP) is 3.99. The fourth-order valence-electron chi connectivity index (χ4n) is 7.35. The monoisotopic (exact) mass is 548 g/mol. The van der Waals surface area contributed by atoms with Crippen LogP contribution in [-0.2, 0) is 20.8 Å². The number of thioether (sulfide) groups is 1. The number of aliphatic hydroxyl groups is 1. The molecule has 8 heteroatoms. The van der Waals surface area contributed by atoms with Gasteiger partial charge >= 0.3 is 5.97 Å². The van der Waals surface area contributed by atoms with Crippen molar-refractivity contribution < 1.29 is 24.6 Å². The number of para-hydroxylation sites is 1. The third-order valence-corrected chi connectivity index (χ3v) is 10.9. The Morgan fingerprint density at radius 3 is 2.41 bits per heavy atom. The zero-order valence-electron chi connectivity index (χ0n) is 22.7. The van der Waals surface area contributed by atoms with Gasteiger partial charge in [0.25, 0.3) is 5.91 Å². The standard InChI is InChI=1S/C31H36N2O5S/c1-5-16-32(25-19(2)10-9-11-20(25)3)28(36)26-31-15-14-30(4,39-31)24(29(37)38)23(31)27(35)33(26)22(18-34)17-21-12-7-6-8-13-21/h5-13,22-24,26,34H,1,14-18H2,2-4H3,(H,37,38)/t22-,23+,24-,26?,30+,31?/m1/s1. The number of amides is 2. The number of carbonyl (C=O) groups is 3. The van der Waals surface area contributed by atoms with E-state index in [0.717, 1.165) is 22.4 Å². The predicted molar refractivity (Wildman–Crippen MR) is 153 cm³/mol. The van der Waals surface area contributed by atoms with Crippen molar-refractivity contribution in [2.45, 2.75) is 61.6 Å². The molecule has 0 aromatic heterocycles. The molecule has 5 rings (SSSR count). The number of aliphatic hydroxyl groups excluding tert-OH is 1. The lowest BCUT2D eigenvalue weighted by atomic mass is 9.66. The van der Waals surface area contributed by atoms with Crippen molar-refractivity contribution in [3.8, 4) is 0 Å². The first-order chi connectivity index (χ1) is 18.6. The summed E-state index contributed by atoms with van der Waals surface area (Å²) in [6.07, 6.45) is 3.22. The molecule has 2 aromatic carbocycles. The van der Waals surface area contributed by atoms with E-state index in [9.17, 15) is 24.6 Å². The fourth-order valence-corrected chi connectivity index (χ4v) is 9.68. The molecule has 3 saturated heterocycles. The molecule has 0 radical (unpaired) electrons. The molecule has 3 aliphatic rings. The fraction of sp³-hybridized carbons (Fsp3) is 0.452. The summed E-state index contributed by atoms with van der Waals surface area (Å²) in [4.78, 5) is 45.0. The van der Waals surface area contributed by atoms with E-state index >= 15 is 0 Å². The molecule has 3 aliphatic heterocycles. The number of carbonyl (C=O) groups excluding carboxylic acids is 2. The number of benzene rings is 2. The highest BCUT2D eigenvalue weighted by molar-refractivity contribution is 8.02. The first-order valence-electron chi connectivity index (χ1n) is 13.5. The third-order valence-electron chi connectivity index (χ3n) is 8.92. The average molecular weight is 549 g/mol. The molecular formula is C31H36N2O5S. The highest BCUT2D eigenvalue weighted by Crippen LogP contribution is 2.71. The molecule has 3 heterocycles. The number of anilines is 1. The maximum absolute atomic E-state index is 14.8. The minimum atomic E-state index is -1.00. The van der Waals surface area contributed by atoms with Crippen LogP contribution in [0.2, 0.25) is 0 Å². The molecule has 2 amide bonds. The second-order valence-electron chi connectivity index (χ2n) is 11.3. The zero-order valence-corrected chi connectivity index (χ0v) is 23.5. The molecule has 2 N–H and O–H groups in total. The molecule has 206 valence electrons. The molecule has 7 nitrogen and oxygen atoms in total. The number of aliphatic carboxylic acids is 1. The number of hydrogen-bond acceptors (Lipinski definition) is 5. The Morgan fingerprint density at radius 2 is 1.82 bits per heavy atom. The van der Waals surface area contributed by atoms with Gasteiger partial charge < -0.3 is 20.0 Å². The van der Waals surface area contributed by atoms with Crippen molar-refractivity contribution in [2.24, 2.45) is 11.8 Å². The number of aryl methyl sites for hydroxylation is 2. The number of nitrogens with zero attached hydrogens (tertiary/aromatic N) is 2. The van der Waals surface area contributed by atoms with Crippen LogP contribution in [0.1, 0.15) is 36.5 Å². The minimum Gasteiger partial charge on any atom is -0.481 e. The summed E-state index contributed by atoms with van der Waals surface area (Å²) in [6.45, 7) is 9.63. The van der Waals surface area contributed by atoms with Gasteiger partial charge in [0.2, 0.25) is 5.91 Å². The van der Waals surface area contributed by atoms with E-state index in [0.29, 0.717) is 19.3 Å². The van der Waals surface area contributed by atoms with Gasteiger partial charge in [0.1, 0.15) is 6.04 Å². The van der Waals surface area contributed by atoms with E-state index in [2.05, 4.69) is 6.58 Å². The highest BCUT2D eigenvalue weighted by Gasteiger charge is 2.78. The molecule has 2 unspecified atom stereocenters. The summed E-state index contributed by atoms with van der Waals surface area (Å²) >= 11 is 1.51. The van der Waals surface area contributed by atoms with Crippen molar-refractivity contribution in [2.75, 3.05) is 18.1 Å². The van der Waals surface area contributed by atoms with Gasteiger partial charge in [-0.25, -0.2) is 0 Å². The van der Waals surface area contributed by atoms with Gasteiger partial charge in [0.15, 0.2) is 0 Å². The highest BCUT2D eigenvalue weighted by atomic mass is 32.2. The Morgan fingerprint density at radius 1 is 1.15 bits per heavy atom. The second-order valence-corrected chi connectivity index (χ2v) is 13.2. The van der Waals surface area contributed by atoms with Gasteiger partial charge in [-0.1, -0.05) is 54.6 Å². The van der Waals surface area contributed by atoms with Gasteiger partial charge in [0.05, 0.1) is 29.2 Å². The second kappa shape index (κ2) is 10.1. The van der Waals surface area contributed by atoms with Crippen LogP contribution >= 0.6 is 11.8 Å². The SMILES string of the molecule is C=CCN(C(=O)C1N([C@@H](CO)Cc2ccccc2)C(=O)[C@@H]2[C@H](C(=O)O)[C@]3(C)CCC12S3)c1c(C)cccc1C. The number of carboxylic acids is 1. The smallest absolute Gasteiger partial charge is 0.308 e. The molecule has 0 saturated carbocycles. The Bertz CT molecular complexity index is 1300. The summed E-state index contributed by atoms with van der Waals surface area (Å²) in [6, 6.07) is 13.8. The topological polar surface area (TPSA) is 98.2 Å². The van der Waals surface area contributed by atoms with Gasteiger partial charge in [-0.15, -0.1) is 18.3 Å². The van der Waals surface area contributed by atoms with Crippen molar-refractivity contribution in [1.82, 2.24) is 4.90 Å². The van der Waals surface area contributed by atoms with Crippen LogP contribution in [0.5, 0.6) is 0 Å². The molecule has 39 heavy (non-hydrogen) atoms. The van der Waals surface area contributed by atoms with E-state index in [-0.39, 0.29) is 25.0 Å². The Balaban J connectivity index is 1.66. The van der Waals surface area contributed by atoms with Crippen molar-refractivity contribution in [3.63, 3.8) is 0 Å². The van der Waals surface area contributed by atoms with E-state index in [1.165, 1.54) is 11.8 Å². The molecule has 2 bridgehead atoms. The lowest BCUT2D eigenvalue weighted by Gasteiger charge is -2.40. The average Bonchev–Trinajstić information content (AvgIpc) is 3.47. The Labute approximate surface area is 233 Å². The maximum Gasteiger partial charge on any atom is 0.308 e. The zero-order chi connectivity index (χ0) is 28.1. The van der Waals surface area contributed by atoms with Crippen molar-refractivity contribution in [3.05, 3.63) is 77.9 Å². The van der Waals surface area contributed by atoms with Crippen LogP contribution in [0.15, 0.2) is 61.2 Å². The molecule has 1 spiro atoms. The summed E-state index contributed by atoms with van der Waals surface area (Å²) in [5.74, 6) is -3.32. The lowest BCUT2D eigenvalue weighted by molar-refractivity contribution is -0.150. The molecule has 3 fully saturated rings. The number of fused-ring (bicyclic) bond motifs is 1. The largest absolute Gasteiger partial charge is 0.481 e. The minimum absolute atomic E-state index is 0.247. The van der Waals surface area contributed by atoms with Gasteiger partial charge in [-0.05, 0) is 56.7 Å². The van der Waals surface area contributed by atoms with Gasteiger partial charge in [0, 0.05) is 17.0 Å². The Kier molecular flexibility index (Phi) is 7.14. The summed E-state index contributed by atoms with van der Waals surface area (Å²) in [5, 5.41) is 20.9. The Hall–Kier alpha value is -3.10. The van der Waals surface area contributed by atoms with Crippen molar-refractivity contribution >= 4 is 35.2 Å². The maximum atomic E-state index is 14.8. The number of likely N-dealkylation sites (tertiary alicyclic amines) is 1. The van der Waals surface area contributed by atoms with Crippen LogP contribution in [0.25, 0.3) is 0 Å². The van der Waals surface area contributed by atoms with Crippen molar-refractivity contribution in [1.29, 1.82) is 0 Å². The van der Waals surface area contributed by atoms with E-state index in [1.54, 1.807) is 15.9 Å². The molecule has 0 aliphatic carbocycles. The number of hydrogen-bond donors (Lipinski definition) is 2. The summed E-state index contributed by atoms with van der Waals surface area (Å²) < 4.78 is -1.52. The first-order valence-corrected chi connectivity index (χ1v) is 14.3. The number of rotatable bonds is 9. The molecule has 2 aromatic rings. The van der Waals surface area contributed by atoms with Gasteiger partial charge in [-0.3, -0.25) is 14.4 Å². The van der Waals surface area contributed by atoms with Crippen LogP contribution < -0.4 is 4.90 Å². The van der Waals surface area contributed by atoms with E-state index < -0.39 is 39.4 Å².